The zero-order valence-corrected chi connectivity index (χ0v) is 12.6. The first-order valence-electron chi connectivity index (χ1n) is 6.65. The summed E-state index contributed by atoms with van der Waals surface area (Å²) < 4.78 is 0. The summed E-state index contributed by atoms with van der Waals surface area (Å²) in [7, 11) is 1.77. The van der Waals surface area contributed by atoms with E-state index in [4.69, 9.17) is 5.11 Å². The molecular formula is C16H17NO3S. The molecule has 0 saturated heterocycles. The molecule has 0 aliphatic rings. The number of thiophene rings is 1. The maximum atomic E-state index is 12.1. The van der Waals surface area contributed by atoms with Gasteiger partial charge in [0.2, 0.25) is 5.91 Å². The zero-order valence-electron chi connectivity index (χ0n) is 11.8. The summed E-state index contributed by atoms with van der Waals surface area (Å²) >= 11 is 1.68. The van der Waals surface area contributed by atoms with Crippen LogP contribution in [-0.4, -0.2) is 35.5 Å². The van der Waals surface area contributed by atoms with Crippen molar-refractivity contribution in [2.75, 3.05) is 13.6 Å². The largest absolute Gasteiger partial charge is 0.478 e. The zero-order chi connectivity index (χ0) is 15.2. The first-order valence-corrected chi connectivity index (χ1v) is 7.53. The molecule has 0 atom stereocenters. The standard InChI is InChI=1S/C16H17NO3S/c1-17(8-7-14-6-3-9-21-14)15(18)11-12-4-2-5-13(10-12)16(19)20/h2-6,9-10H,7-8,11H2,1H3,(H,19,20). The number of carboxylic acid groups (broad SMARTS) is 1. The summed E-state index contributed by atoms with van der Waals surface area (Å²) in [6, 6.07) is 10.6. The molecule has 0 radical (unpaired) electrons. The quantitative estimate of drug-likeness (QED) is 0.892. The molecule has 1 aromatic carbocycles. The van der Waals surface area contributed by atoms with Gasteiger partial charge in [0.1, 0.15) is 0 Å². The molecule has 110 valence electrons. The van der Waals surface area contributed by atoms with Crippen molar-refractivity contribution in [1.29, 1.82) is 0 Å². The van der Waals surface area contributed by atoms with E-state index in [0.29, 0.717) is 6.54 Å². The van der Waals surface area contributed by atoms with Crippen molar-refractivity contribution in [2.45, 2.75) is 12.8 Å². The maximum absolute atomic E-state index is 12.1. The predicted octanol–water partition coefficient (Wildman–Crippen LogP) is 2.69. The van der Waals surface area contributed by atoms with E-state index in [-0.39, 0.29) is 17.9 Å². The first-order chi connectivity index (χ1) is 10.1. The van der Waals surface area contributed by atoms with Crippen molar-refractivity contribution in [3.8, 4) is 0 Å². The van der Waals surface area contributed by atoms with Gasteiger partial charge in [-0.3, -0.25) is 4.79 Å². The minimum atomic E-state index is -0.977. The van der Waals surface area contributed by atoms with Gasteiger partial charge in [-0.25, -0.2) is 4.79 Å². The number of amides is 1. The molecule has 4 nitrogen and oxygen atoms in total. The summed E-state index contributed by atoms with van der Waals surface area (Å²) in [6.07, 6.45) is 1.07. The average Bonchev–Trinajstić information content (AvgIpc) is 2.98. The number of rotatable bonds is 6. The predicted molar refractivity (Wildman–Crippen MR) is 82.8 cm³/mol. The van der Waals surface area contributed by atoms with Gasteiger partial charge in [0.25, 0.3) is 0 Å². The number of carbonyl (C=O) groups is 2. The third-order valence-corrected chi connectivity index (χ3v) is 4.16. The van der Waals surface area contributed by atoms with Crippen LogP contribution in [-0.2, 0) is 17.6 Å². The fourth-order valence-electron chi connectivity index (χ4n) is 1.98. The Morgan fingerprint density at radius 1 is 1.24 bits per heavy atom. The van der Waals surface area contributed by atoms with Gasteiger partial charge in [-0.1, -0.05) is 18.2 Å². The van der Waals surface area contributed by atoms with Crippen LogP contribution in [0.3, 0.4) is 0 Å². The highest BCUT2D eigenvalue weighted by Gasteiger charge is 2.11. The molecule has 5 heteroatoms. The van der Waals surface area contributed by atoms with E-state index in [0.717, 1.165) is 12.0 Å². The molecule has 1 heterocycles. The van der Waals surface area contributed by atoms with E-state index in [2.05, 4.69) is 6.07 Å². The minimum Gasteiger partial charge on any atom is -0.478 e. The number of aromatic carboxylic acids is 1. The van der Waals surface area contributed by atoms with E-state index >= 15 is 0 Å². The molecule has 0 spiro atoms. The molecule has 0 aliphatic heterocycles. The number of nitrogens with zero attached hydrogens (tertiary/aromatic N) is 1. The van der Waals surface area contributed by atoms with Crippen LogP contribution >= 0.6 is 11.3 Å². The van der Waals surface area contributed by atoms with Crippen LogP contribution < -0.4 is 0 Å². The smallest absolute Gasteiger partial charge is 0.335 e. The lowest BCUT2D eigenvalue weighted by Crippen LogP contribution is -2.30. The Morgan fingerprint density at radius 2 is 2.05 bits per heavy atom. The molecule has 2 rings (SSSR count). The van der Waals surface area contributed by atoms with Crippen molar-refractivity contribution >= 4 is 23.2 Å². The minimum absolute atomic E-state index is 0.00547. The van der Waals surface area contributed by atoms with Crippen molar-refractivity contribution in [3.63, 3.8) is 0 Å². The van der Waals surface area contributed by atoms with Crippen LogP contribution in [0.4, 0.5) is 0 Å². The highest BCUT2D eigenvalue weighted by molar-refractivity contribution is 7.09. The molecule has 1 amide bonds. The van der Waals surface area contributed by atoms with Crippen LogP contribution in [0.25, 0.3) is 0 Å². The van der Waals surface area contributed by atoms with Gasteiger partial charge < -0.3 is 10.0 Å². The Labute approximate surface area is 127 Å². The molecule has 0 saturated carbocycles. The van der Waals surface area contributed by atoms with Crippen molar-refractivity contribution in [1.82, 2.24) is 4.90 Å². The summed E-state index contributed by atoms with van der Waals surface area (Å²) in [5.74, 6) is -0.982. The van der Waals surface area contributed by atoms with Gasteiger partial charge >= 0.3 is 5.97 Å². The Balaban J connectivity index is 1.91. The van der Waals surface area contributed by atoms with Gasteiger partial charge in [0.05, 0.1) is 12.0 Å². The van der Waals surface area contributed by atoms with Crippen LogP contribution in [0.1, 0.15) is 20.8 Å². The normalized spacial score (nSPS) is 10.3. The molecule has 0 bridgehead atoms. The lowest BCUT2D eigenvalue weighted by molar-refractivity contribution is -0.129. The number of carbonyl (C=O) groups excluding carboxylic acids is 1. The number of likely N-dealkylation sites (N-methyl/N-ethyl adjacent to an activating group) is 1. The van der Waals surface area contributed by atoms with Crippen LogP contribution in [0.2, 0.25) is 0 Å². The SMILES string of the molecule is CN(CCc1cccs1)C(=O)Cc1cccc(C(=O)O)c1. The van der Waals surface area contributed by atoms with E-state index in [9.17, 15) is 9.59 Å². The second-order valence-electron chi connectivity index (χ2n) is 4.83. The Bertz CT molecular complexity index is 622. The summed E-state index contributed by atoms with van der Waals surface area (Å²) in [5.41, 5.74) is 0.935. The molecule has 0 fully saturated rings. The maximum Gasteiger partial charge on any atom is 0.335 e. The Morgan fingerprint density at radius 3 is 2.71 bits per heavy atom. The molecule has 0 unspecified atom stereocenters. The van der Waals surface area contributed by atoms with Gasteiger partial charge in [-0.15, -0.1) is 11.3 Å². The Hall–Kier alpha value is -2.14. The second-order valence-corrected chi connectivity index (χ2v) is 5.86. The number of hydrogen-bond acceptors (Lipinski definition) is 3. The fourth-order valence-corrected chi connectivity index (χ4v) is 2.68. The van der Waals surface area contributed by atoms with E-state index < -0.39 is 5.97 Å². The van der Waals surface area contributed by atoms with Crippen molar-refractivity contribution < 1.29 is 14.7 Å². The lowest BCUT2D eigenvalue weighted by atomic mass is 10.1. The third kappa shape index (κ3) is 4.43. The van der Waals surface area contributed by atoms with E-state index in [1.807, 2.05) is 11.4 Å². The van der Waals surface area contributed by atoms with Gasteiger partial charge in [-0.2, -0.15) is 0 Å². The van der Waals surface area contributed by atoms with E-state index in [1.165, 1.54) is 10.9 Å². The number of hydrogen-bond donors (Lipinski definition) is 1. The molecule has 2 aromatic rings. The first kappa shape index (κ1) is 15.3. The molecular weight excluding hydrogens is 286 g/mol. The molecule has 0 aliphatic carbocycles. The monoisotopic (exact) mass is 303 g/mol. The summed E-state index contributed by atoms with van der Waals surface area (Å²) in [4.78, 5) is 26.0. The van der Waals surface area contributed by atoms with Crippen molar-refractivity contribution in [2.24, 2.45) is 0 Å². The van der Waals surface area contributed by atoms with Gasteiger partial charge in [-0.05, 0) is 35.6 Å². The van der Waals surface area contributed by atoms with Crippen LogP contribution in [0, 0.1) is 0 Å². The second kappa shape index (κ2) is 7.04. The number of carboxylic acids is 1. The average molecular weight is 303 g/mol. The highest BCUT2D eigenvalue weighted by Crippen LogP contribution is 2.11. The molecule has 1 N–H and O–H groups in total. The molecule has 21 heavy (non-hydrogen) atoms. The fraction of sp³-hybridized carbons (Fsp3) is 0.250. The Kier molecular flexibility index (Phi) is 5.11. The van der Waals surface area contributed by atoms with Crippen LogP contribution in [0.5, 0.6) is 0 Å². The lowest BCUT2D eigenvalue weighted by Gasteiger charge is -2.16. The van der Waals surface area contributed by atoms with Gasteiger partial charge in [0, 0.05) is 18.5 Å². The van der Waals surface area contributed by atoms with Crippen LogP contribution in [0.15, 0.2) is 41.8 Å². The third-order valence-electron chi connectivity index (χ3n) is 3.23. The van der Waals surface area contributed by atoms with Crippen molar-refractivity contribution in [3.05, 3.63) is 57.8 Å². The highest BCUT2D eigenvalue weighted by atomic mass is 32.1. The summed E-state index contributed by atoms with van der Waals surface area (Å²) in [6.45, 7) is 0.665. The topological polar surface area (TPSA) is 57.6 Å². The number of benzene rings is 1. The van der Waals surface area contributed by atoms with Gasteiger partial charge in [0.15, 0.2) is 0 Å². The summed E-state index contributed by atoms with van der Waals surface area (Å²) in [5, 5.41) is 11.0. The molecule has 1 aromatic heterocycles. The van der Waals surface area contributed by atoms with E-state index in [1.54, 1.807) is 41.5 Å².